The Balaban J connectivity index is 1.68. The number of hydrogen-bond donors (Lipinski definition) is 1. The van der Waals surface area contributed by atoms with Gasteiger partial charge in [-0.15, -0.1) is 0 Å². The number of nitrogens with one attached hydrogen (secondary N) is 1. The zero-order valence-electron chi connectivity index (χ0n) is 9.87. The number of rotatable bonds is 3. The fourth-order valence-corrected chi connectivity index (χ4v) is 2.27. The lowest BCUT2D eigenvalue weighted by Gasteiger charge is -2.33. The molecule has 88 valence electrons. The Bertz CT molecular complexity index is 469. The topological polar surface area (TPSA) is 42.7 Å². The van der Waals surface area contributed by atoms with Crippen molar-refractivity contribution in [1.82, 2.24) is 14.5 Å². The largest absolute Gasteiger partial charge is 0.381 e. The van der Waals surface area contributed by atoms with Crippen molar-refractivity contribution >= 4 is 5.69 Å². The molecule has 1 aliphatic rings. The first-order valence-electron chi connectivity index (χ1n) is 6.02. The third kappa shape index (κ3) is 2.16. The maximum Gasteiger partial charge on any atom is 0.137 e. The minimum Gasteiger partial charge on any atom is -0.381 e. The molecule has 0 aromatic carbocycles. The van der Waals surface area contributed by atoms with Crippen LogP contribution in [0.5, 0.6) is 0 Å². The van der Waals surface area contributed by atoms with Gasteiger partial charge < -0.3 is 5.32 Å². The molecule has 4 nitrogen and oxygen atoms in total. The highest BCUT2D eigenvalue weighted by Gasteiger charge is 2.24. The highest BCUT2D eigenvalue weighted by molar-refractivity contribution is 5.44. The summed E-state index contributed by atoms with van der Waals surface area (Å²) in [7, 11) is 0. The predicted octanol–water partition coefficient (Wildman–Crippen LogP) is 2.48. The molecule has 2 aromatic rings. The van der Waals surface area contributed by atoms with E-state index < -0.39 is 0 Å². The first-order chi connectivity index (χ1) is 8.31. The average Bonchev–Trinajstić information content (AvgIpc) is 2.81. The molecule has 2 heterocycles. The molecule has 1 N–H and O–H groups in total. The molecule has 0 atom stereocenters. The Labute approximate surface area is 101 Å². The number of aromatic nitrogens is 3. The van der Waals surface area contributed by atoms with E-state index in [-0.39, 0.29) is 0 Å². The molecular formula is C13H16N4. The lowest BCUT2D eigenvalue weighted by molar-refractivity contribution is 0.309. The molecule has 1 fully saturated rings. The molecule has 17 heavy (non-hydrogen) atoms. The molecule has 1 aliphatic carbocycles. The monoisotopic (exact) mass is 228 g/mol. The van der Waals surface area contributed by atoms with E-state index in [0.29, 0.717) is 6.04 Å². The van der Waals surface area contributed by atoms with Gasteiger partial charge in [-0.25, -0.2) is 9.97 Å². The van der Waals surface area contributed by atoms with Crippen LogP contribution in [0.3, 0.4) is 0 Å². The van der Waals surface area contributed by atoms with Crippen molar-refractivity contribution in [2.75, 3.05) is 5.32 Å². The Morgan fingerprint density at radius 3 is 2.82 bits per heavy atom. The van der Waals surface area contributed by atoms with Crippen LogP contribution >= 0.6 is 0 Å². The number of pyridine rings is 1. The molecule has 0 unspecified atom stereocenters. The lowest BCUT2D eigenvalue weighted by Crippen LogP contribution is -2.33. The van der Waals surface area contributed by atoms with Gasteiger partial charge in [-0.3, -0.25) is 4.57 Å². The molecule has 2 aromatic heterocycles. The number of hydrogen-bond acceptors (Lipinski definition) is 3. The Morgan fingerprint density at radius 1 is 1.35 bits per heavy atom. The van der Waals surface area contributed by atoms with Crippen LogP contribution < -0.4 is 5.32 Å². The van der Waals surface area contributed by atoms with Crippen molar-refractivity contribution in [2.45, 2.75) is 25.8 Å². The van der Waals surface area contributed by atoms with Gasteiger partial charge in [-0.05, 0) is 30.9 Å². The van der Waals surface area contributed by atoms with Crippen LogP contribution in [-0.2, 0) is 0 Å². The maximum absolute atomic E-state index is 4.41. The van der Waals surface area contributed by atoms with Gasteiger partial charge in [0.1, 0.15) is 12.1 Å². The van der Waals surface area contributed by atoms with Gasteiger partial charge in [0.2, 0.25) is 0 Å². The van der Waals surface area contributed by atoms with Crippen molar-refractivity contribution in [3.8, 4) is 5.82 Å². The van der Waals surface area contributed by atoms with E-state index in [1.165, 1.54) is 12.8 Å². The SMILES string of the molecule is CC1CC(Nc2ccc(-n3ccnc3)nc2)C1. The average molecular weight is 228 g/mol. The molecule has 0 spiro atoms. The smallest absolute Gasteiger partial charge is 0.137 e. The van der Waals surface area contributed by atoms with E-state index in [9.17, 15) is 0 Å². The van der Waals surface area contributed by atoms with Gasteiger partial charge in [0, 0.05) is 18.4 Å². The van der Waals surface area contributed by atoms with Gasteiger partial charge in [-0.2, -0.15) is 0 Å². The standard InChI is InChI=1S/C13H16N4/c1-10-6-12(7-10)16-11-2-3-13(15-8-11)17-5-4-14-9-17/h2-5,8-10,12,16H,6-7H2,1H3. The van der Waals surface area contributed by atoms with Crippen LogP contribution in [0.15, 0.2) is 37.1 Å². The first-order valence-corrected chi connectivity index (χ1v) is 6.02. The molecule has 0 bridgehead atoms. The summed E-state index contributed by atoms with van der Waals surface area (Å²) in [5.74, 6) is 1.76. The fraction of sp³-hybridized carbons (Fsp3) is 0.385. The van der Waals surface area contributed by atoms with Crippen LogP contribution in [0, 0.1) is 5.92 Å². The van der Waals surface area contributed by atoms with Crippen molar-refractivity contribution in [3.05, 3.63) is 37.1 Å². The Kier molecular flexibility index (Phi) is 2.55. The fourth-order valence-electron chi connectivity index (χ4n) is 2.27. The number of nitrogens with zero attached hydrogens (tertiary/aromatic N) is 3. The third-order valence-corrected chi connectivity index (χ3v) is 3.26. The van der Waals surface area contributed by atoms with Crippen LogP contribution in [0.25, 0.3) is 5.82 Å². The van der Waals surface area contributed by atoms with Gasteiger partial charge in [0.15, 0.2) is 0 Å². The number of anilines is 1. The van der Waals surface area contributed by atoms with Crippen molar-refractivity contribution in [2.24, 2.45) is 5.92 Å². The van der Waals surface area contributed by atoms with E-state index in [1.807, 2.05) is 23.0 Å². The van der Waals surface area contributed by atoms with Gasteiger partial charge >= 0.3 is 0 Å². The summed E-state index contributed by atoms with van der Waals surface area (Å²) in [6, 6.07) is 4.71. The quantitative estimate of drug-likeness (QED) is 0.877. The maximum atomic E-state index is 4.41. The molecule has 4 heteroatoms. The second kappa shape index (κ2) is 4.20. The Morgan fingerprint density at radius 2 is 2.24 bits per heavy atom. The van der Waals surface area contributed by atoms with Crippen LogP contribution in [0.4, 0.5) is 5.69 Å². The predicted molar refractivity (Wildman–Crippen MR) is 67.2 cm³/mol. The number of imidazole rings is 1. The first kappa shape index (κ1) is 10.3. The third-order valence-electron chi connectivity index (χ3n) is 3.26. The van der Waals surface area contributed by atoms with Crippen molar-refractivity contribution in [1.29, 1.82) is 0 Å². The molecule has 0 amide bonds. The van der Waals surface area contributed by atoms with Gasteiger partial charge in [0.25, 0.3) is 0 Å². The normalized spacial score (nSPS) is 23.1. The second-order valence-electron chi connectivity index (χ2n) is 4.79. The van der Waals surface area contributed by atoms with Gasteiger partial charge in [0.05, 0.1) is 11.9 Å². The summed E-state index contributed by atoms with van der Waals surface area (Å²) in [4.78, 5) is 8.42. The van der Waals surface area contributed by atoms with E-state index in [1.54, 1.807) is 12.5 Å². The van der Waals surface area contributed by atoms with Gasteiger partial charge in [-0.1, -0.05) is 6.92 Å². The van der Waals surface area contributed by atoms with Crippen LogP contribution in [0.1, 0.15) is 19.8 Å². The van der Waals surface area contributed by atoms with Crippen molar-refractivity contribution < 1.29 is 0 Å². The highest BCUT2D eigenvalue weighted by atomic mass is 15.1. The minimum atomic E-state index is 0.630. The van der Waals surface area contributed by atoms with Crippen LogP contribution in [0.2, 0.25) is 0 Å². The second-order valence-corrected chi connectivity index (χ2v) is 4.79. The molecule has 0 aliphatic heterocycles. The molecular weight excluding hydrogens is 212 g/mol. The van der Waals surface area contributed by atoms with E-state index in [2.05, 4.69) is 28.3 Å². The molecule has 0 radical (unpaired) electrons. The lowest BCUT2D eigenvalue weighted by atomic mass is 9.82. The molecule has 0 saturated heterocycles. The summed E-state index contributed by atoms with van der Waals surface area (Å²) >= 11 is 0. The zero-order valence-corrected chi connectivity index (χ0v) is 9.87. The summed E-state index contributed by atoms with van der Waals surface area (Å²) in [5.41, 5.74) is 1.10. The van der Waals surface area contributed by atoms with E-state index >= 15 is 0 Å². The zero-order chi connectivity index (χ0) is 11.7. The van der Waals surface area contributed by atoms with E-state index in [0.717, 1.165) is 17.4 Å². The minimum absolute atomic E-state index is 0.630. The van der Waals surface area contributed by atoms with Crippen molar-refractivity contribution in [3.63, 3.8) is 0 Å². The summed E-state index contributed by atoms with van der Waals surface area (Å²) in [6.45, 7) is 2.29. The van der Waals surface area contributed by atoms with E-state index in [4.69, 9.17) is 0 Å². The summed E-state index contributed by atoms with van der Waals surface area (Å²) < 4.78 is 1.90. The molecule has 1 saturated carbocycles. The van der Waals surface area contributed by atoms with Crippen LogP contribution in [-0.4, -0.2) is 20.6 Å². The summed E-state index contributed by atoms with van der Waals surface area (Å²) in [6.07, 6.45) is 9.82. The Hall–Kier alpha value is -1.84. The summed E-state index contributed by atoms with van der Waals surface area (Å²) in [5, 5.41) is 3.49. The highest BCUT2D eigenvalue weighted by Crippen LogP contribution is 2.29. The molecule has 3 rings (SSSR count).